The molecule has 0 aromatic heterocycles. The molecule has 0 bridgehead atoms. The Morgan fingerprint density at radius 2 is 2.08 bits per heavy atom. The Morgan fingerprint density at radius 1 is 1.50 bits per heavy atom. The molecule has 0 aliphatic carbocycles. The van der Waals surface area contributed by atoms with Crippen molar-refractivity contribution in [2.24, 2.45) is 5.73 Å². The first-order valence-electron chi connectivity index (χ1n) is 3.73. The van der Waals surface area contributed by atoms with Gasteiger partial charge in [0.1, 0.15) is 5.82 Å². The smallest absolute Gasteiger partial charge is 0.137 e. The fourth-order valence-corrected chi connectivity index (χ4v) is 1.67. The maximum absolute atomic E-state index is 13.1. The van der Waals surface area contributed by atoms with Crippen molar-refractivity contribution in [2.45, 2.75) is 19.9 Å². The van der Waals surface area contributed by atoms with Crippen LogP contribution in [0.15, 0.2) is 16.6 Å². The van der Waals surface area contributed by atoms with Crippen LogP contribution in [0.2, 0.25) is 0 Å². The van der Waals surface area contributed by atoms with Gasteiger partial charge in [0.15, 0.2) is 0 Å². The van der Waals surface area contributed by atoms with Gasteiger partial charge in [0.25, 0.3) is 0 Å². The lowest BCUT2D eigenvalue weighted by atomic mass is 10.1. The summed E-state index contributed by atoms with van der Waals surface area (Å²) in [5.74, 6) is -0.248. The molecule has 0 spiro atoms. The van der Waals surface area contributed by atoms with Crippen LogP contribution in [0.5, 0.6) is 0 Å². The van der Waals surface area contributed by atoms with Crippen LogP contribution in [0.1, 0.15) is 24.1 Å². The molecule has 1 atom stereocenters. The lowest BCUT2D eigenvalue weighted by Gasteiger charge is -2.09. The predicted molar refractivity (Wildman–Crippen MR) is 51.4 cm³/mol. The summed E-state index contributed by atoms with van der Waals surface area (Å²) in [6.07, 6.45) is 0. The molecule has 1 rings (SSSR count). The number of halogens is 2. The van der Waals surface area contributed by atoms with Crippen LogP contribution >= 0.6 is 15.9 Å². The largest absolute Gasteiger partial charge is 0.324 e. The lowest BCUT2D eigenvalue weighted by Crippen LogP contribution is -2.07. The SMILES string of the molecule is Cc1cc(F)c(Br)c(C(C)N)c1. The summed E-state index contributed by atoms with van der Waals surface area (Å²) in [6.45, 7) is 3.68. The quantitative estimate of drug-likeness (QED) is 0.791. The Morgan fingerprint density at radius 3 is 2.58 bits per heavy atom. The third-order valence-electron chi connectivity index (χ3n) is 1.69. The highest BCUT2D eigenvalue weighted by molar-refractivity contribution is 9.10. The number of hydrogen-bond acceptors (Lipinski definition) is 1. The van der Waals surface area contributed by atoms with Crippen molar-refractivity contribution in [2.75, 3.05) is 0 Å². The second kappa shape index (κ2) is 3.54. The number of rotatable bonds is 1. The van der Waals surface area contributed by atoms with E-state index in [2.05, 4.69) is 15.9 Å². The summed E-state index contributed by atoms with van der Waals surface area (Å²) >= 11 is 3.16. The van der Waals surface area contributed by atoms with E-state index in [0.717, 1.165) is 11.1 Å². The first-order valence-corrected chi connectivity index (χ1v) is 4.53. The van der Waals surface area contributed by atoms with Gasteiger partial charge < -0.3 is 5.73 Å². The van der Waals surface area contributed by atoms with E-state index >= 15 is 0 Å². The number of aryl methyl sites for hydroxylation is 1. The van der Waals surface area contributed by atoms with E-state index in [1.807, 2.05) is 19.9 Å². The van der Waals surface area contributed by atoms with E-state index in [9.17, 15) is 4.39 Å². The average molecular weight is 232 g/mol. The third kappa shape index (κ3) is 1.84. The van der Waals surface area contributed by atoms with Crippen molar-refractivity contribution in [3.63, 3.8) is 0 Å². The van der Waals surface area contributed by atoms with Gasteiger partial charge in [-0.2, -0.15) is 0 Å². The zero-order valence-electron chi connectivity index (χ0n) is 7.07. The minimum Gasteiger partial charge on any atom is -0.324 e. The second-order valence-electron chi connectivity index (χ2n) is 2.94. The first-order chi connectivity index (χ1) is 5.52. The minimum absolute atomic E-state index is 0.145. The standard InChI is InChI=1S/C9H11BrFN/c1-5-3-7(6(2)12)9(10)8(11)4-5/h3-4,6H,12H2,1-2H3. The van der Waals surface area contributed by atoms with Gasteiger partial charge in [0.05, 0.1) is 4.47 Å². The van der Waals surface area contributed by atoms with E-state index in [0.29, 0.717) is 4.47 Å². The van der Waals surface area contributed by atoms with E-state index in [4.69, 9.17) is 5.73 Å². The second-order valence-corrected chi connectivity index (χ2v) is 3.73. The van der Waals surface area contributed by atoms with E-state index in [1.165, 1.54) is 6.07 Å². The van der Waals surface area contributed by atoms with Gasteiger partial charge in [-0.1, -0.05) is 6.07 Å². The van der Waals surface area contributed by atoms with Gasteiger partial charge in [-0.3, -0.25) is 0 Å². The van der Waals surface area contributed by atoms with Crippen molar-refractivity contribution in [1.82, 2.24) is 0 Å². The van der Waals surface area contributed by atoms with Gasteiger partial charge in [-0.25, -0.2) is 4.39 Å². The van der Waals surface area contributed by atoms with Crippen LogP contribution in [0.4, 0.5) is 4.39 Å². The summed E-state index contributed by atoms with van der Waals surface area (Å²) in [5.41, 5.74) is 7.36. The van der Waals surface area contributed by atoms with Crippen LogP contribution in [0, 0.1) is 12.7 Å². The molecule has 0 heterocycles. The van der Waals surface area contributed by atoms with Crippen LogP contribution in [0.3, 0.4) is 0 Å². The van der Waals surface area contributed by atoms with Gasteiger partial charge in [0, 0.05) is 6.04 Å². The molecule has 12 heavy (non-hydrogen) atoms. The molecule has 3 heteroatoms. The predicted octanol–water partition coefficient (Wildman–Crippen LogP) is 2.92. The van der Waals surface area contributed by atoms with E-state index in [-0.39, 0.29) is 11.9 Å². The van der Waals surface area contributed by atoms with E-state index in [1.54, 1.807) is 0 Å². The van der Waals surface area contributed by atoms with Crippen molar-refractivity contribution >= 4 is 15.9 Å². The Bertz CT molecular complexity index is 297. The highest BCUT2D eigenvalue weighted by Crippen LogP contribution is 2.26. The fourth-order valence-electron chi connectivity index (χ4n) is 1.08. The molecular weight excluding hydrogens is 221 g/mol. The average Bonchev–Trinajstić information content (AvgIpc) is 1.96. The summed E-state index contributed by atoms with van der Waals surface area (Å²) in [5, 5.41) is 0. The zero-order chi connectivity index (χ0) is 9.30. The Balaban J connectivity index is 3.28. The first kappa shape index (κ1) is 9.68. The summed E-state index contributed by atoms with van der Waals surface area (Å²) < 4.78 is 13.6. The molecule has 0 aliphatic rings. The van der Waals surface area contributed by atoms with Gasteiger partial charge in [-0.05, 0) is 47.0 Å². The highest BCUT2D eigenvalue weighted by Gasteiger charge is 2.09. The van der Waals surface area contributed by atoms with Crippen LogP contribution in [0.25, 0.3) is 0 Å². The topological polar surface area (TPSA) is 26.0 Å². The summed E-state index contributed by atoms with van der Waals surface area (Å²) in [7, 11) is 0. The maximum Gasteiger partial charge on any atom is 0.137 e. The normalized spacial score (nSPS) is 13.1. The number of benzene rings is 1. The molecule has 0 saturated heterocycles. The van der Waals surface area contributed by atoms with Gasteiger partial charge in [0.2, 0.25) is 0 Å². The zero-order valence-corrected chi connectivity index (χ0v) is 8.65. The molecule has 2 N–H and O–H groups in total. The molecule has 0 radical (unpaired) electrons. The highest BCUT2D eigenvalue weighted by atomic mass is 79.9. The van der Waals surface area contributed by atoms with Gasteiger partial charge in [-0.15, -0.1) is 0 Å². The molecule has 66 valence electrons. The maximum atomic E-state index is 13.1. The van der Waals surface area contributed by atoms with Crippen molar-refractivity contribution in [3.8, 4) is 0 Å². The Labute approximate surface area is 79.9 Å². The van der Waals surface area contributed by atoms with Crippen LogP contribution < -0.4 is 5.73 Å². The molecule has 0 saturated carbocycles. The third-order valence-corrected chi connectivity index (χ3v) is 2.53. The molecule has 1 aromatic carbocycles. The molecule has 1 nitrogen and oxygen atoms in total. The molecule has 0 amide bonds. The monoisotopic (exact) mass is 231 g/mol. The molecular formula is C9H11BrFN. The van der Waals surface area contributed by atoms with Crippen molar-refractivity contribution in [3.05, 3.63) is 33.5 Å². The van der Waals surface area contributed by atoms with Crippen molar-refractivity contribution in [1.29, 1.82) is 0 Å². The van der Waals surface area contributed by atoms with Crippen LogP contribution in [-0.2, 0) is 0 Å². The fraction of sp³-hybridized carbons (Fsp3) is 0.333. The molecule has 1 aromatic rings. The Hall–Kier alpha value is -0.410. The lowest BCUT2D eigenvalue weighted by molar-refractivity contribution is 0.613. The summed E-state index contributed by atoms with van der Waals surface area (Å²) in [4.78, 5) is 0. The van der Waals surface area contributed by atoms with Crippen LogP contribution in [-0.4, -0.2) is 0 Å². The number of hydrogen-bond donors (Lipinski definition) is 1. The number of nitrogens with two attached hydrogens (primary N) is 1. The van der Waals surface area contributed by atoms with Gasteiger partial charge >= 0.3 is 0 Å². The Kier molecular flexibility index (Phi) is 2.85. The summed E-state index contributed by atoms with van der Waals surface area (Å²) in [6, 6.07) is 3.22. The van der Waals surface area contributed by atoms with Crippen molar-refractivity contribution < 1.29 is 4.39 Å². The molecule has 0 aliphatic heterocycles. The van der Waals surface area contributed by atoms with E-state index < -0.39 is 0 Å². The molecule has 1 unspecified atom stereocenters. The minimum atomic E-state index is -0.248. The molecule has 0 fully saturated rings.